The molecule has 0 atom stereocenters. The van der Waals surface area contributed by atoms with E-state index in [9.17, 15) is 4.79 Å². The normalized spacial score (nSPS) is 10.2. The standard InChI is InChI=1S/C19H13IO2/c20-18-9-5-4-8-17(18)19(21)22-16-12-10-15(11-13-16)14-6-2-1-3-7-14/h1-13H. The lowest BCUT2D eigenvalue weighted by Crippen LogP contribution is -2.09. The molecule has 0 N–H and O–H groups in total. The van der Waals surface area contributed by atoms with Gasteiger partial charge in [0.15, 0.2) is 0 Å². The molecule has 0 fully saturated rings. The zero-order valence-corrected chi connectivity index (χ0v) is 13.9. The Bertz CT molecular complexity index is 780. The van der Waals surface area contributed by atoms with Crippen LogP contribution in [0, 0.1) is 3.57 Å². The number of carbonyl (C=O) groups is 1. The van der Waals surface area contributed by atoms with Crippen molar-refractivity contribution in [2.75, 3.05) is 0 Å². The van der Waals surface area contributed by atoms with E-state index in [1.807, 2.05) is 72.8 Å². The Hall–Kier alpha value is -2.14. The van der Waals surface area contributed by atoms with Crippen LogP contribution < -0.4 is 4.74 Å². The van der Waals surface area contributed by atoms with E-state index in [1.54, 1.807) is 6.07 Å². The van der Waals surface area contributed by atoms with Crippen molar-refractivity contribution < 1.29 is 9.53 Å². The molecule has 0 spiro atoms. The molecule has 0 unspecified atom stereocenters. The first kappa shape index (κ1) is 14.8. The topological polar surface area (TPSA) is 26.3 Å². The van der Waals surface area contributed by atoms with Gasteiger partial charge in [0.05, 0.1) is 5.56 Å². The number of hydrogen-bond acceptors (Lipinski definition) is 2. The molecule has 108 valence electrons. The Morgan fingerprint density at radius 1 is 0.727 bits per heavy atom. The van der Waals surface area contributed by atoms with Gasteiger partial charge in [0.2, 0.25) is 0 Å². The molecule has 0 saturated carbocycles. The lowest BCUT2D eigenvalue weighted by molar-refractivity contribution is 0.0733. The van der Waals surface area contributed by atoms with E-state index < -0.39 is 0 Å². The minimum Gasteiger partial charge on any atom is -0.423 e. The Kier molecular flexibility index (Phi) is 4.53. The molecular weight excluding hydrogens is 387 g/mol. The first-order valence-electron chi connectivity index (χ1n) is 6.86. The summed E-state index contributed by atoms with van der Waals surface area (Å²) in [5, 5.41) is 0. The van der Waals surface area contributed by atoms with Gasteiger partial charge in [-0.2, -0.15) is 0 Å². The molecule has 0 aliphatic rings. The average Bonchev–Trinajstić information content (AvgIpc) is 2.57. The predicted octanol–water partition coefficient (Wildman–Crippen LogP) is 5.18. The van der Waals surface area contributed by atoms with Crippen molar-refractivity contribution in [3.05, 3.63) is 88.0 Å². The first-order chi connectivity index (χ1) is 10.7. The summed E-state index contributed by atoms with van der Waals surface area (Å²) in [6.45, 7) is 0. The van der Waals surface area contributed by atoms with Crippen molar-refractivity contribution >= 4 is 28.6 Å². The van der Waals surface area contributed by atoms with Gasteiger partial charge in [0, 0.05) is 3.57 Å². The maximum atomic E-state index is 12.2. The number of ether oxygens (including phenoxy) is 1. The average molecular weight is 400 g/mol. The van der Waals surface area contributed by atoms with E-state index in [2.05, 4.69) is 22.6 Å². The van der Waals surface area contributed by atoms with E-state index in [0.717, 1.165) is 14.7 Å². The first-order valence-corrected chi connectivity index (χ1v) is 7.94. The van der Waals surface area contributed by atoms with Crippen molar-refractivity contribution in [3.63, 3.8) is 0 Å². The van der Waals surface area contributed by atoms with Gasteiger partial charge in [-0.25, -0.2) is 4.79 Å². The monoisotopic (exact) mass is 400 g/mol. The molecule has 0 saturated heterocycles. The molecule has 22 heavy (non-hydrogen) atoms. The molecule has 3 aromatic rings. The quantitative estimate of drug-likeness (QED) is 0.344. The van der Waals surface area contributed by atoms with E-state index in [1.165, 1.54) is 0 Å². The van der Waals surface area contributed by atoms with Crippen molar-refractivity contribution in [3.8, 4) is 16.9 Å². The van der Waals surface area contributed by atoms with Gasteiger partial charge in [0.25, 0.3) is 0 Å². The van der Waals surface area contributed by atoms with E-state index in [4.69, 9.17) is 4.74 Å². The second-order valence-electron chi connectivity index (χ2n) is 4.76. The summed E-state index contributed by atoms with van der Waals surface area (Å²) < 4.78 is 6.31. The fraction of sp³-hybridized carbons (Fsp3) is 0. The van der Waals surface area contributed by atoms with E-state index in [0.29, 0.717) is 11.3 Å². The minimum atomic E-state index is -0.336. The van der Waals surface area contributed by atoms with Crippen LogP contribution >= 0.6 is 22.6 Å². The summed E-state index contributed by atoms with van der Waals surface area (Å²) >= 11 is 2.13. The van der Waals surface area contributed by atoms with Crippen LogP contribution in [0.25, 0.3) is 11.1 Å². The lowest BCUT2D eigenvalue weighted by atomic mass is 10.1. The second kappa shape index (κ2) is 6.75. The fourth-order valence-corrected chi connectivity index (χ4v) is 2.74. The van der Waals surface area contributed by atoms with Crippen LogP contribution in [0.15, 0.2) is 78.9 Å². The lowest BCUT2D eigenvalue weighted by Gasteiger charge is -2.07. The predicted molar refractivity (Wildman–Crippen MR) is 96.0 cm³/mol. The fourth-order valence-electron chi connectivity index (χ4n) is 2.13. The van der Waals surface area contributed by atoms with Crippen LogP contribution in [0.1, 0.15) is 10.4 Å². The van der Waals surface area contributed by atoms with Crippen LogP contribution in [0.3, 0.4) is 0 Å². The Labute approximate surface area is 142 Å². The highest BCUT2D eigenvalue weighted by Gasteiger charge is 2.11. The highest BCUT2D eigenvalue weighted by Crippen LogP contribution is 2.23. The van der Waals surface area contributed by atoms with Crippen molar-refractivity contribution in [2.24, 2.45) is 0 Å². The number of halogens is 1. The van der Waals surface area contributed by atoms with E-state index in [-0.39, 0.29) is 5.97 Å². The van der Waals surface area contributed by atoms with E-state index >= 15 is 0 Å². The summed E-state index contributed by atoms with van der Waals surface area (Å²) in [7, 11) is 0. The summed E-state index contributed by atoms with van der Waals surface area (Å²) in [5.41, 5.74) is 2.81. The molecule has 0 bridgehead atoms. The molecule has 0 aliphatic carbocycles. The van der Waals surface area contributed by atoms with Crippen LogP contribution in [-0.2, 0) is 0 Å². The summed E-state index contributed by atoms with van der Waals surface area (Å²) in [4.78, 5) is 12.2. The Morgan fingerprint density at radius 3 is 2.00 bits per heavy atom. The number of esters is 1. The van der Waals surface area contributed by atoms with Gasteiger partial charge >= 0.3 is 5.97 Å². The maximum Gasteiger partial charge on any atom is 0.344 e. The number of carbonyl (C=O) groups excluding carboxylic acids is 1. The molecule has 2 nitrogen and oxygen atoms in total. The Morgan fingerprint density at radius 2 is 1.32 bits per heavy atom. The minimum absolute atomic E-state index is 0.336. The van der Waals surface area contributed by atoms with Crippen molar-refractivity contribution in [1.29, 1.82) is 0 Å². The maximum absolute atomic E-state index is 12.2. The molecule has 0 heterocycles. The van der Waals surface area contributed by atoms with Crippen molar-refractivity contribution in [2.45, 2.75) is 0 Å². The van der Waals surface area contributed by atoms with Crippen LogP contribution in [0.4, 0.5) is 0 Å². The number of rotatable bonds is 3. The third-order valence-electron chi connectivity index (χ3n) is 3.27. The second-order valence-corrected chi connectivity index (χ2v) is 5.92. The number of hydrogen-bond donors (Lipinski definition) is 0. The van der Waals surface area contributed by atoms with Gasteiger partial charge in [0.1, 0.15) is 5.75 Å². The zero-order chi connectivity index (χ0) is 15.4. The highest BCUT2D eigenvalue weighted by molar-refractivity contribution is 14.1. The highest BCUT2D eigenvalue weighted by atomic mass is 127. The summed E-state index contributed by atoms with van der Waals surface area (Å²) in [6.07, 6.45) is 0. The SMILES string of the molecule is O=C(Oc1ccc(-c2ccccc2)cc1)c1ccccc1I. The van der Waals surface area contributed by atoms with Gasteiger partial charge in [-0.15, -0.1) is 0 Å². The molecule has 0 aliphatic heterocycles. The largest absolute Gasteiger partial charge is 0.423 e. The van der Waals surface area contributed by atoms with Gasteiger partial charge < -0.3 is 4.74 Å². The molecule has 0 aromatic heterocycles. The molecule has 0 amide bonds. The number of benzene rings is 3. The molecule has 0 radical (unpaired) electrons. The molecule has 3 rings (SSSR count). The van der Waals surface area contributed by atoms with Gasteiger partial charge in [-0.1, -0.05) is 54.6 Å². The van der Waals surface area contributed by atoms with Crippen LogP contribution in [0.5, 0.6) is 5.75 Å². The summed E-state index contributed by atoms with van der Waals surface area (Å²) in [5.74, 6) is 0.210. The zero-order valence-electron chi connectivity index (χ0n) is 11.7. The Balaban J connectivity index is 1.77. The summed E-state index contributed by atoms with van der Waals surface area (Å²) in [6, 6.07) is 25.0. The molecule has 3 aromatic carbocycles. The van der Waals surface area contributed by atoms with Crippen LogP contribution in [0.2, 0.25) is 0 Å². The third-order valence-corrected chi connectivity index (χ3v) is 4.21. The molecule has 3 heteroatoms. The van der Waals surface area contributed by atoms with Gasteiger partial charge in [-0.05, 0) is 58.0 Å². The van der Waals surface area contributed by atoms with Gasteiger partial charge in [-0.3, -0.25) is 0 Å². The van der Waals surface area contributed by atoms with Crippen molar-refractivity contribution in [1.82, 2.24) is 0 Å². The van der Waals surface area contributed by atoms with Crippen LogP contribution in [-0.4, -0.2) is 5.97 Å². The molecular formula is C19H13IO2. The third kappa shape index (κ3) is 3.36. The smallest absolute Gasteiger partial charge is 0.344 e.